The van der Waals surface area contributed by atoms with Crippen LogP contribution in [0.2, 0.25) is 0 Å². The van der Waals surface area contributed by atoms with Gasteiger partial charge < -0.3 is 70.5 Å². The Morgan fingerprint density at radius 2 is 0.904 bits per heavy atom. The second-order valence-electron chi connectivity index (χ2n) is 14.9. The Kier molecular flexibility index (Phi) is 15.4. The van der Waals surface area contributed by atoms with Crippen molar-refractivity contribution in [3.8, 4) is 0 Å². The number of hydrogen-bond acceptors (Lipinski definition) is 17. The number of aliphatic hydroxyl groups excluding tert-OH is 5. The number of ether oxygens (including phenoxy) is 5. The number of nitrogens with zero attached hydrogens (tertiary/aromatic N) is 1. The summed E-state index contributed by atoms with van der Waals surface area (Å²) in [5.41, 5.74) is 0. The van der Waals surface area contributed by atoms with Crippen molar-refractivity contribution in [1.82, 2.24) is 25.6 Å². The second-order valence-corrected chi connectivity index (χ2v) is 16.2. The van der Waals surface area contributed by atoms with E-state index in [1.807, 2.05) is 6.92 Å². The van der Waals surface area contributed by atoms with Crippen molar-refractivity contribution in [1.29, 1.82) is 0 Å². The van der Waals surface area contributed by atoms with Crippen molar-refractivity contribution in [3.05, 3.63) is 0 Å². The average molecular weight is 770 g/mol. The normalized spacial score (nSPS) is 42.1. The van der Waals surface area contributed by atoms with Gasteiger partial charge in [-0.05, 0) is 6.92 Å². The monoisotopic (exact) mass is 769 g/mol. The molecule has 0 saturated carbocycles. The number of nitrogens with one attached hydrogen (secondary N) is 4. The first kappa shape index (κ1) is 42.0. The first-order valence-corrected chi connectivity index (χ1v) is 19.8. The Labute approximate surface area is 304 Å². The number of aliphatic hydroxyl groups is 5. The predicted octanol–water partition coefficient (Wildman–Crippen LogP) is -4.39. The van der Waals surface area contributed by atoms with E-state index in [1.165, 1.54) is 0 Å². The van der Waals surface area contributed by atoms with E-state index in [0.29, 0.717) is 58.5 Å². The van der Waals surface area contributed by atoms with Gasteiger partial charge in [0.2, 0.25) is 5.91 Å². The van der Waals surface area contributed by atoms with Crippen molar-refractivity contribution in [2.24, 2.45) is 0 Å². The lowest BCUT2D eigenvalue weighted by Gasteiger charge is -2.40. The summed E-state index contributed by atoms with van der Waals surface area (Å²) in [5.74, 6) is -0.935. The molecule has 0 aromatic heterocycles. The zero-order valence-electron chi connectivity index (χ0n) is 29.9. The predicted molar refractivity (Wildman–Crippen MR) is 183 cm³/mol. The van der Waals surface area contributed by atoms with Crippen LogP contribution in [0.4, 0.5) is 0 Å². The van der Waals surface area contributed by atoms with E-state index in [0.717, 1.165) is 6.92 Å². The van der Waals surface area contributed by atoms with Crippen LogP contribution in [0.25, 0.3) is 0 Å². The Balaban J connectivity index is 0.931. The molecule has 5 heterocycles. The standard InChI is InChI=1S/C32H59N5O14S/c1-17-3-28(39)23(12-47-17)33-8-19-4-29(40)24(13-48-19)34-9-20-5-30(41)25(14-49-20)35-10-21-6-31(42)26(15-50-21)36-11-22-7-32(43)27(16-51-22)37(18(2)38)52(44,45)46/h17,19-36,39-43H,3-16H2,1-2H3,(H,44,45,46). The van der Waals surface area contributed by atoms with E-state index < -0.39 is 64.9 Å². The van der Waals surface area contributed by atoms with Gasteiger partial charge in [-0.15, -0.1) is 0 Å². The highest BCUT2D eigenvalue weighted by atomic mass is 32.2. The highest BCUT2D eigenvalue weighted by Crippen LogP contribution is 2.23. The maximum Gasteiger partial charge on any atom is 0.362 e. The molecular weight excluding hydrogens is 710 g/mol. The van der Waals surface area contributed by atoms with Crippen molar-refractivity contribution in [2.45, 2.75) is 137 Å². The molecule has 19 nitrogen and oxygen atoms in total. The van der Waals surface area contributed by atoms with Crippen molar-refractivity contribution < 1.29 is 67.0 Å². The molecule has 5 aliphatic rings. The van der Waals surface area contributed by atoms with Crippen molar-refractivity contribution in [2.75, 3.05) is 59.2 Å². The van der Waals surface area contributed by atoms with Crippen LogP contribution in [0.15, 0.2) is 0 Å². The molecule has 0 aliphatic carbocycles. The maximum atomic E-state index is 11.7. The summed E-state index contributed by atoms with van der Waals surface area (Å²) in [6.45, 7) is 5.46. The number of rotatable bonds is 14. The molecule has 5 saturated heterocycles. The first-order valence-electron chi connectivity index (χ1n) is 18.4. The minimum Gasteiger partial charge on any atom is -0.391 e. The van der Waals surface area contributed by atoms with Gasteiger partial charge in [-0.3, -0.25) is 9.35 Å². The van der Waals surface area contributed by atoms with E-state index in [9.17, 15) is 43.3 Å². The maximum absolute atomic E-state index is 11.7. The van der Waals surface area contributed by atoms with Crippen LogP contribution >= 0.6 is 0 Å². The molecule has 302 valence electrons. The van der Waals surface area contributed by atoms with Crippen molar-refractivity contribution >= 4 is 16.2 Å². The Morgan fingerprint density at radius 3 is 1.21 bits per heavy atom. The minimum absolute atomic E-state index is 0.00879. The summed E-state index contributed by atoms with van der Waals surface area (Å²) in [4.78, 5) is 11.7. The molecular formula is C32H59N5O14S. The van der Waals surface area contributed by atoms with Gasteiger partial charge >= 0.3 is 10.3 Å². The van der Waals surface area contributed by atoms with Crippen LogP contribution in [0, 0.1) is 0 Å². The number of amides is 1. The van der Waals surface area contributed by atoms with Gasteiger partial charge in [0.25, 0.3) is 0 Å². The number of hydrogen-bond donors (Lipinski definition) is 10. The summed E-state index contributed by atoms with van der Waals surface area (Å²) in [6.07, 6.45) is -3.19. The molecule has 5 rings (SSSR count). The molecule has 5 fully saturated rings. The molecule has 0 radical (unpaired) electrons. The minimum atomic E-state index is -4.86. The van der Waals surface area contributed by atoms with Gasteiger partial charge in [0.05, 0.1) is 124 Å². The first-order chi connectivity index (χ1) is 24.7. The molecule has 0 bridgehead atoms. The lowest BCUT2D eigenvalue weighted by molar-refractivity contribution is -0.136. The topological polar surface area (TPSA) is 270 Å². The number of carbonyl (C=O) groups is 1. The zero-order chi connectivity index (χ0) is 37.6. The van der Waals surface area contributed by atoms with Crippen LogP contribution in [0.3, 0.4) is 0 Å². The Hall–Kier alpha value is -1.18. The van der Waals surface area contributed by atoms with Crippen LogP contribution in [0.5, 0.6) is 0 Å². The average Bonchev–Trinajstić information content (AvgIpc) is 3.07. The van der Waals surface area contributed by atoms with Crippen LogP contribution < -0.4 is 21.3 Å². The summed E-state index contributed by atoms with van der Waals surface area (Å²) >= 11 is 0. The Morgan fingerprint density at radius 1 is 0.577 bits per heavy atom. The molecule has 20 heteroatoms. The third kappa shape index (κ3) is 11.7. The quantitative estimate of drug-likeness (QED) is 0.0748. The fourth-order valence-electron chi connectivity index (χ4n) is 7.62. The molecule has 52 heavy (non-hydrogen) atoms. The number of carbonyl (C=O) groups excluding carboxylic acids is 1. The largest absolute Gasteiger partial charge is 0.391 e. The van der Waals surface area contributed by atoms with E-state index in [2.05, 4.69) is 21.3 Å². The molecule has 10 N–H and O–H groups in total. The molecule has 0 spiro atoms. The lowest BCUT2D eigenvalue weighted by Crippen LogP contribution is -2.58. The van der Waals surface area contributed by atoms with Crippen molar-refractivity contribution in [3.63, 3.8) is 0 Å². The smallest absolute Gasteiger partial charge is 0.362 e. The molecule has 15 unspecified atom stereocenters. The van der Waals surface area contributed by atoms with Crippen LogP contribution in [0.1, 0.15) is 46.0 Å². The van der Waals surface area contributed by atoms with Gasteiger partial charge in [0.15, 0.2) is 0 Å². The highest BCUT2D eigenvalue weighted by molar-refractivity contribution is 7.84. The van der Waals surface area contributed by atoms with E-state index >= 15 is 0 Å². The summed E-state index contributed by atoms with van der Waals surface area (Å²) in [6, 6.07) is -2.40. The molecule has 1 amide bonds. The fraction of sp³-hybridized carbons (Fsp3) is 0.969. The van der Waals surface area contributed by atoms with Gasteiger partial charge in [0, 0.05) is 65.2 Å². The molecule has 5 aliphatic heterocycles. The van der Waals surface area contributed by atoms with Gasteiger partial charge in [-0.2, -0.15) is 8.42 Å². The highest BCUT2D eigenvalue weighted by Gasteiger charge is 2.41. The summed E-state index contributed by atoms with van der Waals surface area (Å²) in [7, 11) is -4.86. The van der Waals surface area contributed by atoms with Crippen LogP contribution in [-0.2, 0) is 38.8 Å². The van der Waals surface area contributed by atoms with Gasteiger partial charge in [0.1, 0.15) is 0 Å². The SMILES string of the molecule is CC(=O)N(C1COC(CNC2COC(CNC3COC(CNC4COC(CNC5COC(C)CC5O)CC4O)CC3O)CC2O)CC1O)S(=O)(=O)O. The third-order valence-electron chi connectivity index (χ3n) is 10.8. The second kappa shape index (κ2) is 19.1. The van der Waals surface area contributed by atoms with Gasteiger partial charge in [-0.1, -0.05) is 0 Å². The summed E-state index contributed by atoms with van der Waals surface area (Å²) in [5, 5.41) is 66.2. The Bertz CT molecular complexity index is 1240. The van der Waals surface area contributed by atoms with E-state index in [-0.39, 0.29) is 79.6 Å². The molecule has 0 aromatic carbocycles. The molecule has 15 atom stereocenters. The zero-order valence-corrected chi connectivity index (χ0v) is 30.7. The lowest BCUT2D eigenvalue weighted by atomic mass is 9.97. The third-order valence-corrected chi connectivity index (χ3v) is 11.8. The van der Waals surface area contributed by atoms with E-state index in [4.69, 9.17) is 23.7 Å². The fourth-order valence-corrected chi connectivity index (χ4v) is 8.49. The van der Waals surface area contributed by atoms with E-state index in [1.54, 1.807) is 0 Å². The van der Waals surface area contributed by atoms with Gasteiger partial charge in [-0.25, -0.2) is 4.31 Å². The van der Waals surface area contributed by atoms with Crippen LogP contribution in [-0.4, -0.2) is 199 Å². The molecule has 0 aromatic rings. The summed E-state index contributed by atoms with van der Waals surface area (Å²) < 4.78 is 62.0.